The van der Waals surface area contributed by atoms with Gasteiger partial charge in [-0.2, -0.15) is 0 Å². The van der Waals surface area contributed by atoms with Gasteiger partial charge in [0.1, 0.15) is 5.75 Å². The van der Waals surface area contributed by atoms with Crippen molar-refractivity contribution >= 4 is 11.9 Å². The molecule has 2 aromatic carbocycles. The number of allylic oxidation sites excluding steroid dienone is 1. The first kappa shape index (κ1) is 14.1. The van der Waals surface area contributed by atoms with Crippen LogP contribution in [-0.4, -0.2) is 12.4 Å². The number of carbonyl (C=O) groups is 1. The highest BCUT2D eigenvalue weighted by Gasteiger charge is 1.99. The normalized spacial score (nSPS) is 10.7. The number of hydrogen-bond donors (Lipinski definition) is 0. The van der Waals surface area contributed by atoms with Gasteiger partial charge in [0.25, 0.3) is 0 Å². The van der Waals surface area contributed by atoms with E-state index in [0.717, 1.165) is 24.3 Å². The Balaban J connectivity index is 1.99. The van der Waals surface area contributed by atoms with E-state index in [1.165, 1.54) is 0 Å². The Kier molecular flexibility index (Phi) is 5.13. The molecule has 0 aliphatic carbocycles. The zero-order valence-electron chi connectivity index (χ0n) is 11.6. The molecule has 0 spiro atoms. The number of benzene rings is 2. The van der Waals surface area contributed by atoms with E-state index in [9.17, 15) is 4.79 Å². The monoisotopic (exact) mass is 266 g/mol. The molecular weight excluding hydrogens is 248 g/mol. The van der Waals surface area contributed by atoms with E-state index in [2.05, 4.69) is 6.92 Å². The average Bonchev–Trinajstić information content (AvgIpc) is 2.52. The van der Waals surface area contributed by atoms with Gasteiger partial charge in [-0.15, -0.1) is 0 Å². The lowest BCUT2D eigenvalue weighted by Gasteiger charge is -2.03. The van der Waals surface area contributed by atoms with Gasteiger partial charge in [-0.3, -0.25) is 4.79 Å². The van der Waals surface area contributed by atoms with E-state index in [-0.39, 0.29) is 5.78 Å². The van der Waals surface area contributed by atoms with Crippen LogP contribution < -0.4 is 4.74 Å². The third kappa shape index (κ3) is 4.09. The zero-order valence-corrected chi connectivity index (χ0v) is 11.6. The summed E-state index contributed by atoms with van der Waals surface area (Å²) in [6.07, 6.45) is 4.41. The van der Waals surface area contributed by atoms with Crippen molar-refractivity contribution in [2.24, 2.45) is 0 Å². The van der Waals surface area contributed by atoms with Gasteiger partial charge in [-0.25, -0.2) is 0 Å². The zero-order chi connectivity index (χ0) is 14.2. The van der Waals surface area contributed by atoms with Gasteiger partial charge in [-0.05, 0) is 30.2 Å². The lowest BCUT2D eigenvalue weighted by atomic mass is 10.1. The lowest BCUT2D eigenvalue weighted by Crippen LogP contribution is -1.94. The predicted molar refractivity (Wildman–Crippen MR) is 82.0 cm³/mol. The smallest absolute Gasteiger partial charge is 0.185 e. The van der Waals surface area contributed by atoms with E-state index in [4.69, 9.17) is 4.74 Å². The summed E-state index contributed by atoms with van der Waals surface area (Å²) < 4.78 is 5.51. The first-order chi connectivity index (χ1) is 9.79. The summed E-state index contributed by atoms with van der Waals surface area (Å²) in [5.74, 6) is 0.871. The summed E-state index contributed by atoms with van der Waals surface area (Å²) in [6, 6.07) is 17.0. The third-order valence-corrected chi connectivity index (χ3v) is 2.84. The summed E-state index contributed by atoms with van der Waals surface area (Å²) in [4.78, 5) is 11.9. The Morgan fingerprint density at radius 2 is 1.75 bits per heavy atom. The molecule has 20 heavy (non-hydrogen) atoms. The van der Waals surface area contributed by atoms with Crippen LogP contribution in [-0.2, 0) is 0 Å². The second-order valence-corrected chi connectivity index (χ2v) is 4.48. The molecule has 0 bridgehead atoms. The first-order valence-corrected chi connectivity index (χ1v) is 6.80. The molecule has 0 N–H and O–H groups in total. The van der Waals surface area contributed by atoms with Crippen LogP contribution >= 0.6 is 0 Å². The van der Waals surface area contributed by atoms with Crippen LogP contribution in [0.3, 0.4) is 0 Å². The second-order valence-electron chi connectivity index (χ2n) is 4.48. The van der Waals surface area contributed by atoms with E-state index < -0.39 is 0 Å². The minimum Gasteiger partial charge on any atom is -0.494 e. The van der Waals surface area contributed by atoms with Crippen LogP contribution in [0, 0.1) is 0 Å². The summed E-state index contributed by atoms with van der Waals surface area (Å²) in [6.45, 7) is 2.80. The standard InChI is InChI=1S/C18H18O2/c1-2-14-20-17-11-8-15(9-12-17)10-13-18(19)16-6-4-3-5-7-16/h3-13H,2,14H2,1H3. The van der Waals surface area contributed by atoms with Crippen molar-refractivity contribution in [2.45, 2.75) is 13.3 Å². The van der Waals surface area contributed by atoms with Gasteiger partial charge in [0, 0.05) is 5.56 Å². The van der Waals surface area contributed by atoms with Crippen LogP contribution in [0.15, 0.2) is 60.7 Å². The minimum atomic E-state index is 0.0110. The molecule has 0 amide bonds. The topological polar surface area (TPSA) is 26.3 Å². The summed E-state index contributed by atoms with van der Waals surface area (Å²) >= 11 is 0. The molecule has 2 rings (SSSR count). The van der Waals surface area contributed by atoms with E-state index in [1.54, 1.807) is 6.08 Å². The molecular formula is C18H18O2. The Labute approximate surface area is 119 Å². The minimum absolute atomic E-state index is 0.0110. The number of rotatable bonds is 6. The summed E-state index contributed by atoms with van der Waals surface area (Å²) in [5.41, 5.74) is 1.68. The molecule has 0 aliphatic heterocycles. The van der Waals surface area contributed by atoms with Gasteiger partial charge in [0.2, 0.25) is 0 Å². The molecule has 0 fully saturated rings. The number of ketones is 1. The van der Waals surface area contributed by atoms with Gasteiger partial charge in [0.05, 0.1) is 6.61 Å². The van der Waals surface area contributed by atoms with E-state index >= 15 is 0 Å². The SMILES string of the molecule is CCCOc1ccc(C=CC(=O)c2ccccc2)cc1. The van der Waals surface area contributed by atoms with Gasteiger partial charge in [0.15, 0.2) is 5.78 Å². The molecule has 0 radical (unpaired) electrons. The van der Waals surface area contributed by atoms with E-state index in [1.807, 2.05) is 60.7 Å². The van der Waals surface area contributed by atoms with E-state index in [0.29, 0.717) is 5.56 Å². The van der Waals surface area contributed by atoms with Gasteiger partial charge >= 0.3 is 0 Å². The number of carbonyl (C=O) groups excluding carboxylic acids is 1. The Hall–Kier alpha value is -2.35. The maximum atomic E-state index is 11.9. The number of hydrogen-bond acceptors (Lipinski definition) is 2. The number of ether oxygens (including phenoxy) is 1. The molecule has 0 atom stereocenters. The van der Waals surface area contributed by atoms with Crippen molar-refractivity contribution < 1.29 is 9.53 Å². The predicted octanol–water partition coefficient (Wildman–Crippen LogP) is 4.37. The van der Waals surface area contributed by atoms with Crippen LogP contribution in [0.25, 0.3) is 6.08 Å². The Morgan fingerprint density at radius 1 is 1.05 bits per heavy atom. The highest BCUT2D eigenvalue weighted by atomic mass is 16.5. The molecule has 102 valence electrons. The van der Waals surface area contributed by atoms with Crippen molar-refractivity contribution in [1.82, 2.24) is 0 Å². The van der Waals surface area contributed by atoms with Crippen LogP contribution in [0.5, 0.6) is 5.75 Å². The molecule has 0 aliphatic rings. The Bertz CT molecular complexity index is 568. The lowest BCUT2D eigenvalue weighted by molar-refractivity contribution is 0.104. The second kappa shape index (κ2) is 7.29. The van der Waals surface area contributed by atoms with Gasteiger partial charge in [-0.1, -0.05) is 55.5 Å². The molecule has 0 saturated heterocycles. The summed E-state index contributed by atoms with van der Waals surface area (Å²) in [5, 5.41) is 0. The fourth-order valence-corrected chi connectivity index (χ4v) is 1.77. The molecule has 0 aromatic heterocycles. The Morgan fingerprint density at radius 3 is 2.40 bits per heavy atom. The van der Waals surface area contributed by atoms with Crippen molar-refractivity contribution in [3.63, 3.8) is 0 Å². The fraction of sp³-hybridized carbons (Fsp3) is 0.167. The van der Waals surface area contributed by atoms with Gasteiger partial charge < -0.3 is 4.74 Å². The highest BCUT2D eigenvalue weighted by molar-refractivity contribution is 6.06. The quantitative estimate of drug-likeness (QED) is 0.573. The fourth-order valence-electron chi connectivity index (χ4n) is 1.77. The average molecular weight is 266 g/mol. The van der Waals surface area contributed by atoms with Crippen LogP contribution in [0.2, 0.25) is 0 Å². The largest absolute Gasteiger partial charge is 0.494 e. The molecule has 0 unspecified atom stereocenters. The van der Waals surface area contributed by atoms with Crippen molar-refractivity contribution in [1.29, 1.82) is 0 Å². The maximum Gasteiger partial charge on any atom is 0.185 e. The van der Waals surface area contributed by atoms with Crippen molar-refractivity contribution in [2.75, 3.05) is 6.61 Å². The van der Waals surface area contributed by atoms with Crippen LogP contribution in [0.4, 0.5) is 0 Å². The molecule has 0 saturated carbocycles. The molecule has 2 aromatic rings. The molecule has 0 heterocycles. The molecule has 2 nitrogen and oxygen atoms in total. The first-order valence-electron chi connectivity index (χ1n) is 6.80. The van der Waals surface area contributed by atoms with Crippen molar-refractivity contribution in [3.8, 4) is 5.75 Å². The highest BCUT2D eigenvalue weighted by Crippen LogP contribution is 2.14. The van der Waals surface area contributed by atoms with Crippen molar-refractivity contribution in [3.05, 3.63) is 71.8 Å². The summed E-state index contributed by atoms with van der Waals surface area (Å²) in [7, 11) is 0. The molecule has 2 heteroatoms. The maximum absolute atomic E-state index is 11.9. The third-order valence-electron chi connectivity index (χ3n) is 2.84. The van der Waals surface area contributed by atoms with Crippen LogP contribution in [0.1, 0.15) is 29.3 Å².